The van der Waals surface area contributed by atoms with Gasteiger partial charge in [0.05, 0.1) is 36.5 Å². The van der Waals surface area contributed by atoms with E-state index in [2.05, 4.69) is 44.9 Å². The number of sulfonamides is 1. The number of anilines is 1. The third-order valence-electron chi connectivity index (χ3n) is 6.61. The van der Waals surface area contributed by atoms with E-state index < -0.39 is 10.0 Å². The molecule has 1 unspecified atom stereocenters. The molecule has 0 aliphatic carbocycles. The summed E-state index contributed by atoms with van der Waals surface area (Å²) in [5, 5.41) is 6.89. The van der Waals surface area contributed by atoms with Gasteiger partial charge in [0.2, 0.25) is 10.0 Å². The van der Waals surface area contributed by atoms with Gasteiger partial charge in [0.1, 0.15) is 11.0 Å². The SMILES string of the molecule is CS(=O)(=O)N1CCC(c2ccc(-c3ncc4nccnc4c3NCC3CNCCO3)cc2)CC1. The number of pyridine rings is 1. The van der Waals surface area contributed by atoms with Gasteiger partial charge >= 0.3 is 0 Å². The molecule has 2 saturated heterocycles. The molecule has 34 heavy (non-hydrogen) atoms. The van der Waals surface area contributed by atoms with Crippen molar-refractivity contribution in [2.45, 2.75) is 24.9 Å². The number of nitrogens with one attached hydrogen (secondary N) is 2. The highest BCUT2D eigenvalue weighted by atomic mass is 32.2. The first-order valence-corrected chi connectivity index (χ1v) is 13.6. The molecule has 0 spiro atoms. The molecule has 2 N–H and O–H groups in total. The maximum absolute atomic E-state index is 11.8. The van der Waals surface area contributed by atoms with Crippen molar-refractivity contribution in [2.75, 3.05) is 50.9 Å². The Kier molecular flexibility index (Phi) is 6.73. The molecule has 0 amide bonds. The van der Waals surface area contributed by atoms with Crippen LogP contribution in [0.15, 0.2) is 42.9 Å². The lowest BCUT2D eigenvalue weighted by atomic mass is 9.89. The number of benzene rings is 1. The molecule has 9 nitrogen and oxygen atoms in total. The van der Waals surface area contributed by atoms with E-state index >= 15 is 0 Å². The highest BCUT2D eigenvalue weighted by molar-refractivity contribution is 7.88. The number of piperidine rings is 1. The van der Waals surface area contributed by atoms with Crippen molar-refractivity contribution in [3.8, 4) is 11.3 Å². The minimum atomic E-state index is -3.12. The molecule has 4 heterocycles. The average molecular weight is 483 g/mol. The van der Waals surface area contributed by atoms with Crippen LogP contribution >= 0.6 is 0 Å². The van der Waals surface area contributed by atoms with Gasteiger partial charge in [0, 0.05) is 50.7 Å². The zero-order valence-corrected chi connectivity index (χ0v) is 20.1. The van der Waals surface area contributed by atoms with Crippen LogP contribution < -0.4 is 10.6 Å². The van der Waals surface area contributed by atoms with E-state index in [0.29, 0.717) is 32.2 Å². The van der Waals surface area contributed by atoms with Gasteiger partial charge in [-0.15, -0.1) is 0 Å². The lowest BCUT2D eigenvalue weighted by Crippen LogP contribution is -2.42. The van der Waals surface area contributed by atoms with E-state index in [4.69, 9.17) is 9.72 Å². The van der Waals surface area contributed by atoms with Crippen molar-refractivity contribution in [1.82, 2.24) is 24.6 Å². The molecule has 2 aliphatic rings. The maximum atomic E-state index is 11.8. The Morgan fingerprint density at radius 1 is 1.12 bits per heavy atom. The van der Waals surface area contributed by atoms with Crippen LogP contribution in [0.5, 0.6) is 0 Å². The summed E-state index contributed by atoms with van der Waals surface area (Å²) in [6, 6.07) is 8.45. The number of hydrogen-bond acceptors (Lipinski definition) is 8. The normalized spacial score (nSPS) is 20.4. The van der Waals surface area contributed by atoms with Gasteiger partial charge < -0.3 is 15.4 Å². The molecule has 0 saturated carbocycles. The van der Waals surface area contributed by atoms with Gasteiger partial charge in [-0.2, -0.15) is 0 Å². The van der Waals surface area contributed by atoms with Crippen molar-refractivity contribution in [3.63, 3.8) is 0 Å². The van der Waals surface area contributed by atoms with Gasteiger partial charge in [-0.05, 0) is 24.3 Å². The Morgan fingerprint density at radius 3 is 2.59 bits per heavy atom. The third kappa shape index (κ3) is 5.05. The minimum Gasteiger partial charge on any atom is -0.379 e. The highest BCUT2D eigenvalue weighted by Gasteiger charge is 2.26. The molecule has 2 fully saturated rings. The van der Waals surface area contributed by atoms with E-state index in [-0.39, 0.29) is 6.10 Å². The predicted octanol–water partition coefficient (Wildman–Crippen LogP) is 2.23. The van der Waals surface area contributed by atoms with E-state index in [1.807, 2.05) is 0 Å². The second-order valence-electron chi connectivity index (χ2n) is 8.91. The van der Waals surface area contributed by atoms with Crippen molar-refractivity contribution in [1.29, 1.82) is 0 Å². The van der Waals surface area contributed by atoms with Gasteiger partial charge in [-0.3, -0.25) is 15.0 Å². The first-order valence-electron chi connectivity index (χ1n) is 11.7. The van der Waals surface area contributed by atoms with Gasteiger partial charge in [-0.1, -0.05) is 24.3 Å². The average Bonchev–Trinajstić information content (AvgIpc) is 2.87. The Hall–Kier alpha value is -2.66. The Morgan fingerprint density at radius 2 is 1.88 bits per heavy atom. The quantitative estimate of drug-likeness (QED) is 0.551. The molecule has 1 aromatic carbocycles. The van der Waals surface area contributed by atoms with Crippen LogP contribution in [0.1, 0.15) is 24.3 Å². The number of ether oxygens (including phenoxy) is 1. The Balaban J connectivity index is 1.38. The van der Waals surface area contributed by atoms with Crippen molar-refractivity contribution >= 4 is 26.7 Å². The second-order valence-corrected chi connectivity index (χ2v) is 10.9. The first-order chi connectivity index (χ1) is 16.5. The summed E-state index contributed by atoms with van der Waals surface area (Å²) in [5.41, 5.74) is 5.44. The molecule has 5 rings (SSSR count). The van der Waals surface area contributed by atoms with Gasteiger partial charge in [0.25, 0.3) is 0 Å². The van der Waals surface area contributed by atoms with Gasteiger partial charge in [-0.25, -0.2) is 12.7 Å². The Bertz CT molecular complexity index is 1240. The molecular weight excluding hydrogens is 452 g/mol. The molecule has 2 aromatic heterocycles. The van der Waals surface area contributed by atoms with Crippen LogP contribution in [0, 0.1) is 0 Å². The molecule has 10 heteroatoms. The third-order valence-corrected chi connectivity index (χ3v) is 7.91. The van der Waals surface area contributed by atoms with Crippen LogP contribution in [0.4, 0.5) is 5.69 Å². The number of morpholine rings is 1. The minimum absolute atomic E-state index is 0.0775. The van der Waals surface area contributed by atoms with E-state index in [1.54, 1.807) is 22.9 Å². The summed E-state index contributed by atoms with van der Waals surface area (Å²) in [6.45, 7) is 4.18. The van der Waals surface area contributed by atoms with Crippen LogP contribution in [0.3, 0.4) is 0 Å². The topological polar surface area (TPSA) is 109 Å². The smallest absolute Gasteiger partial charge is 0.211 e. The van der Waals surface area contributed by atoms with Crippen molar-refractivity contribution in [3.05, 3.63) is 48.4 Å². The van der Waals surface area contributed by atoms with Crippen molar-refractivity contribution < 1.29 is 13.2 Å². The predicted molar refractivity (Wildman–Crippen MR) is 132 cm³/mol. The second kappa shape index (κ2) is 9.91. The summed E-state index contributed by atoms with van der Waals surface area (Å²) < 4.78 is 31.0. The largest absolute Gasteiger partial charge is 0.379 e. The lowest BCUT2D eigenvalue weighted by molar-refractivity contribution is 0.0372. The molecule has 0 radical (unpaired) electrons. The fraction of sp³-hybridized carbons (Fsp3) is 0.458. The molecule has 1 atom stereocenters. The molecule has 3 aromatic rings. The van der Waals surface area contributed by atoms with Crippen LogP contribution in [-0.4, -0.2) is 79.4 Å². The van der Waals surface area contributed by atoms with Crippen molar-refractivity contribution in [2.24, 2.45) is 0 Å². The fourth-order valence-electron chi connectivity index (χ4n) is 4.73. The molecule has 180 valence electrons. The van der Waals surface area contributed by atoms with Crippen LogP contribution in [-0.2, 0) is 14.8 Å². The summed E-state index contributed by atoms with van der Waals surface area (Å²) in [4.78, 5) is 13.7. The number of rotatable bonds is 6. The summed E-state index contributed by atoms with van der Waals surface area (Å²) >= 11 is 0. The van der Waals surface area contributed by atoms with E-state index in [0.717, 1.165) is 53.9 Å². The molecular formula is C24H30N6O3S. The highest BCUT2D eigenvalue weighted by Crippen LogP contribution is 2.34. The van der Waals surface area contributed by atoms with Crippen LogP contribution in [0.2, 0.25) is 0 Å². The molecule has 0 bridgehead atoms. The summed E-state index contributed by atoms with van der Waals surface area (Å²) in [7, 11) is -3.12. The van der Waals surface area contributed by atoms with Gasteiger partial charge in [0.15, 0.2) is 0 Å². The zero-order chi connectivity index (χ0) is 23.5. The number of aromatic nitrogens is 3. The lowest BCUT2D eigenvalue weighted by Gasteiger charge is -2.30. The maximum Gasteiger partial charge on any atom is 0.211 e. The first kappa shape index (κ1) is 23.1. The number of hydrogen-bond donors (Lipinski definition) is 2. The zero-order valence-electron chi connectivity index (χ0n) is 19.3. The van der Waals surface area contributed by atoms with E-state index in [1.165, 1.54) is 11.8 Å². The van der Waals surface area contributed by atoms with Crippen LogP contribution in [0.25, 0.3) is 22.3 Å². The summed E-state index contributed by atoms with van der Waals surface area (Å²) in [5.74, 6) is 0.357. The standard InChI is InChI=1S/C24H30N6O3S/c1-34(31,32)30-11-6-18(7-12-30)17-2-4-19(5-3-17)22-24(28-15-20-14-25-10-13-33-20)23-21(16-29-22)26-8-9-27-23/h2-5,8-9,16,18,20,25,28H,6-7,10-15H2,1H3. The number of fused-ring (bicyclic) bond motifs is 1. The Labute approximate surface area is 200 Å². The van der Waals surface area contributed by atoms with E-state index in [9.17, 15) is 8.42 Å². The summed E-state index contributed by atoms with van der Waals surface area (Å²) in [6.07, 6.45) is 8.15. The monoisotopic (exact) mass is 482 g/mol. The number of nitrogens with zero attached hydrogens (tertiary/aromatic N) is 4. The fourth-order valence-corrected chi connectivity index (χ4v) is 5.60. The molecule has 2 aliphatic heterocycles.